The lowest BCUT2D eigenvalue weighted by molar-refractivity contribution is 0.100. The van der Waals surface area contributed by atoms with Gasteiger partial charge in [0.25, 0.3) is 5.91 Å². The minimum absolute atomic E-state index is 0.0324. The van der Waals surface area contributed by atoms with Gasteiger partial charge in [-0.15, -0.1) is 0 Å². The molecule has 0 saturated carbocycles. The number of phenols is 1. The van der Waals surface area contributed by atoms with Crippen LogP contribution in [-0.2, 0) is 6.42 Å². The largest absolute Gasteiger partial charge is 0.504 e. The number of carbonyl (C=O) groups excluding carboxylic acids is 1. The quantitative estimate of drug-likeness (QED) is 0.388. The van der Waals surface area contributed by atoms with Crippen molar-refractivity contribution in [2.45, 2.75) is 13.3 Å². The molecule has 152 valence electrons. The number of phenolic OH excluding ortho intramolecular Hbond substituents is 1. The highest BCUT2D eigenvalue weighted by atomic mass is 16.5. The van der Waals surface area contributed by atoms with Gasteiger partial charge in [0, 0.05) is 17.4 Å². The number of fused-ring (bicyclic) bond motifs is 1. The van der Waals surface area contributed by atoms with Gasteiger partial charge in [-0.25, -0.2) is 9.97 Å². The minimum atomic E-state index is -0.600. The van der Waals surface area contributed by atoms with Gasteiger partial charge in [0.1, 0.15) is 11.3 Å². The molecule has 0 fully saturated rings. The predicted octanol–water partition coefficient (Wildman–Crippen LogP) is 3.74. The number of aryl methyl sites for hydroxylation is 1. The van der Waals surface area contributed by atoms with Crippen molar-refractivity contribution in [1.82, 2.24) is 15.0 Å². The second-order valence-electron chi connectivity index (χ2n) is 6.72. The fraction of sp³-hybridized carbons (Fsp3) is 0.136. The summed E-state index contributed by atoms with van der Waals surface area (Å²) >= 11 is 0. The van der Waals surface area contributed by atoms with Gasteiger partial charge in [0.2, 0.25) is 0 Å². The summed E-state index contributed by atoms with van der Waals surface area (Å²) in [5.41, 5.74) is 9.98. The molecule has 2 aromatic heterocycles. The van der Waals surface area contributed by atoms with E-state index in [4.69, 9.17) is 10.5 Å². The fourth-order valence-electron chi connectivity index (χ4n) is 3.31. The Balaban J connectivity index is 1.88. The van der Waals surface area contributed by atoms with Crippen LogP contribution in [0.15, 0.2) is 48.7 Å². The van der Waals surface area contributed by atoms with Crippen LogP contribution in [0.3, 0.4) is 0 Å². The Kier molecular flexibility index (Phi) is 4.97. The lowest BCUT2D eigenvalue weighted by Gasteiger charge is -2.13. The normalized spacial score (nSPS) is 10.9. The number of nitrogens with two attached hydrogens (primary N) is 1. The molecule has 0 aliphatic heterocycles. The molecule has 4 aromatic rings. The number of imidazole rings is 1. The maximum absolute atomic E-state index is 12.1. The number of methoxy groups -OCH3 is 1. The molecule has 30 heavy (non-hydrogen) atoms. The minimum Gasteiger partial charge on any atom is -0.504 e. The number of carbonyl (C=O) groups is 1. The third-order valence-electron chi connectivity index (χ3n) is 4.89. The first-order valence-corrected chi connectivity index (χ1v) is 9.42. The molecule has 2 heterocycles. The molecule has 0 aliphatic carbocycles. The number of hydrogen-bond donors (Lipinski definition) is 4. The second-order valence-corrected chi connectivity index (χ2v) is 6.72. The highest BCUT2D eigenvalue weighted by molar-refractivity contribution is 6.06. The average molecular weight is 403 g/mol. The van der Waals surface area contributed by atoms with E-state index in [0.717, 1.165) is 17.7 Å². The smallest absolute Gasteiger partial charge is 0.252 e. The third-order valence-corrected chi connectivity index (χ3v) is 4.89. The van der Waals surface area contributed by atoms with Crippen molar-refractivity contribution in [2.24, 2.45) is 5.73 Å². The predicted molar refractivity (Wildman–Crippen MR) is 115 cm³/mol. The number of nitrogens with zero attached hydrogens (tertiary/aromatic N) is 2. The molecule has 4 rings (SSSR count). The van der Waals surface area contributed by atoms with E-state index in [1.54, 1.807) is 12.1 Å². The number of amides is 1. The highest BCUT2D eigenvalue weighted by Crippen LogP contribution is 2.34. The van der Waals surface area contributed by atoms with Crippen molar-refractivity contribution in [3.8, 4) is 22.9 Å². The van der Waals surface area contributed by atoms with E-state index >= 15 is 0 Å². The van der Waals surface area contributed by atoms with E-state index in [9.17, 15) is 9.90 Å². The molecule has 0 unspecified atom stereocenters. The Hall–Kier alpha value is -4.07. The third kappa shape index (κ3) is 3.39. The summed E-state index contributed by atoms with van der Waals surface area (Å²) in [6, 6.07) is 12.7. The molecule has 1 amide bonds. The molecule has 0 saturated heterocycles. The van der Waals surface area contributed by atoms with Crippen molar-refractivity contribution in [3.05, 3.63) is 59.8 Å². The van der Waals surface area contributed by atoms with Crippen LogP contribution in [0.25, 0.3) is 22.6 Å². The van der Waals surface area contributed by atoms with Crippen LogP contribution in [0, 0.1) is 0 Å². The zero-order valence-electron chi connectivity index (χ0n) is 16.6. The van der Waals surface area contributed by atoms with Crippen molar-refractivity contribution < 1.29 is 14.6 Å². The van der Waals surface area contributed by atoms with Crippen LogP contribution in [-0.4, -0.2) is 33.1 Å². The summed E-state index contributed by atoms with van der Waals surface area (Å²) in [6.45, 7) is 2.06. The number of H-pyrrole nitrogens is 1. The zero-order chi connectivity index (χ0) is 21.3. The van der Waals surface area contributed by atoms with E-state index < -0.39 is 5.91 Å². The first-order valence-electron chi connectivity index (χ1n) is 9.42. The summed E-state index contributed by atoms with van der Waals surface area (Å²) in [5.74, 6) is 0.278. The average Bonchev–Trinajstić information content (AvgIpc) is 3.19. The molecule has 8 heteroatoms. The number of ether oxygens (including phenoxy) is 1. The van der Waals surface area contributed by atoms with Crippen LogP contribution in [0.4, 0.5) is 11.4 Å². The van der Waals surface area contributed by atoms with Crippen LogP contribution in [0.5, 0.6) is 11.5 Å². The molecule has 8 nitrogen and oxygen atoms in total. The van der Waals surface area contributed by atoms with Gasteiger partial charge in [-0.1, -0.05) is 25.1 Å². The number of hydrogen-bond acceptors (Lipinski definition) is 6. The van der Waals surface area contributed by atoms with Crippen molar-refractivity contribution >= 4 is 28.4 Å². The van der Waals surface area contributed by atoms with Gasteiger partial charge >= 0.3 is 0 Å². The van der Waals surface area contributed by atoms with Gasteiger partial charge in [0.15, 0.2) is 17.1 Å². The Bertz CT molecular complexity index is 1250. The number of nitrogens with one attached hydrogen (secondary N) is 2. The van der Waals surface area contributed by atoms with Gasteiger partial charge < -0.3 is 25.9 Å². The molecule has 0 atom stereocenters. The number of aromatic hydroxyl groups is 1. The molecule has 2 aromatic carbocycles. The van der Waals surface area contributed by atoms with Crippen molar-refractivity contribution in [1.29, 1.82) is 0 Å². The number of primary amides is 1. The first kappa shape index (κ1) is 19.3. The Morgan fingerprint density at radius 1 is 1.27 bits per heavy atom. The van der Waals surface area contributed by atoms with E-state index in [2.05, 4.69) is 27.2 Å². The van der Waals surface area contributed by atoms with Crippen LogP contribution in [0.1, 0.15) is 22.8 Å². The summed E-state index contributed by atoms with van der Waals surface area (Å²) < 4.78 is 5.18. The summed E-state index contributed by atoms with van der Waals surface area (Å²) in [4.78, 5) is 24.2. The highest BCUT2D eigenvalue weighted by Gasteiger charge is 2.19. The molecular formula is C22H21N5O3. The van der Waals surface area contributed by atoms with Crippen LogP contribution >= 0.6 is 0 Å². The second kappa shape index (κ2) is 7.75. The van der Waals surface area contributed by atoms with E-state index in [-0.39, 0.29) is 11.3 Å². The number of aromatic amines is 1. The lowest BCUT2D eigenvalue weighted by Crippen LogP contribution is -2.14. The Morgan fingerprint density at radius 2 is 2.07 bits per heavy atom. The standard InChI is InChI=1S/C22H21N5O3/c1-3-12-6-4-5-7-15(12)25-18-14(20(23)29)11-24-22-19(18)26-21(27-22)13-8-9-16(28)17(10-13)30-2/h4-11,28H,3H2,1-2H3,(H2,23,29)(H2,24,25,26,27). The number of rotatable bonds is 6. The Labute approximate surface area is 172 Å². The summed E-state index contributed by atoms with van der Waals surface area (Å²) in [5, 5.41) is 13.2. The number of aromatic nitrogens is 3. The van der Waals surface area contributed by atoms with Gasteiger partial charge in [-0.2, -0.15) is 0 Å². The molecule has 0 spiro atoms. The molecular weight excluding hydrogens is 382 g/mol. The maximum atomic E-state index is 12.1. The number of benzene rings is 2. The SMILES string of the molecule is CCc1ccccc1Nc1c(C(N)=O)cnc2[nH]c(-c3ccc(O)c(OC)c3)nc12. The number of anilines is 2. The Morgan fingerprint density at radius 3 is 2.80 bits per heavy atom. The maximum Gasteiger partial charge on any atom is 0.252 e. The lowest BCUT2D eigenvalue weighted by atomic mass is 10.1. The van der Waals surface area contributed by atoms with E-state index in [0.29, 0.717) is 34.0 Å². The van der Waals surface area contributed by atoms with Crippen molar-refractivity contribution in [3.63, 3.8) is 0 Å². The molecule has 0 radical (unpaired) electrons. The summed E-state index contributed by atoms with van der Waals surface area (Å²) in [6.07, 6.45) is 2.25. The topological polar surface area (TPSA) is 126 Å². The van der Waals surface area contributed by atoms with E-state index in [1.807, 2.05) is 24.3 Å². The van der Waals surface area contributed by atoms with E-state index in [1.165, 1.54) is 19.4 Å². The van der Waals surface area contributed by atoms with Crippen molar-refractivity contribution in [2.75, 3.05) is 12.4 Å². The van der Waals surface area contributed by atoms with Crippen LogP contribution in [0.2, 0.25) is 0 Å². The molecule has 0 bridgehead atoms. The molecule has 0 aliphatic rings. The van der Waals surface area contributed by atoms with Gasteiger partial charge in [-0.3, -0.25) is 4.79 Å². The van der Waals surface area contributed by atoms with Gasteiger partial charge in [-0.05, 0) is 36.2 Å². The molecule has 5 N–H and O–H groups in total. The summed E-state index contributed by atoms with van der Waals surface area (Å²) in [7, 11) is 1.48. The monoisotopic (exact) mass is 403 g/mol. The first-order chi connectivity index (χ1) is 14.5. The number of pyridine rings is 1. The number of para-hydroxylation sites is 1. The van der Waals surface area contributed by atoms with Crippen LogP contribution < -0.4 is 15.8 Å². The zero-order valence-corrected chi connectivity index (χ0v) is 16.6. The van der Waals surface area contributed by atoms with Gasteiger partial charge in [0.05, 0.1) is 18.4 Å². The fourth-order valence-corrected chi connectivity index (χ4v) is 3.31.